The minimum absolute atomic E-state index is 0.0208. The van der Waals surface area contributed by atoms with Gasteiger partial charge in [0.05, 0.1) is 6.04 Å². The lowest BCUT2D eigenvalue weighted by Crippen LogP contribution is -2.48. The van der Waals surface area contributed by atoms with Crippen molar-refractivity contribution in [1.29, 1.82) is 0 Å². The molecule has 0 radical (unpaired) electrons. The number of nitrogens with zero attached hydrogens (tertiary/aromatic N) is 2. The van der Waals surface area contributed by atoms with E-state index in [0.29, 0.717) is 19.7 Å². The van der Waals surface area contributed by atoms with Crippen molar-refractivity contribution in [2.24, 2.45) is 5.92 Å². The molecule has 1 aromatic heterocycles. The Morgan fingerprint density at radius 2 is 1.97 bits per heavy atom. The van der Waals surface area contributed by atoms with Crippen LogP contribution in [-0.2, 0) is 16.0 Å². The molecule has 0 N–H and O–H groups in total. The molecule has 1 aliphatic heterocycles. The fourth-order valence-corrected chi connectivity index (χ4v) is 5.69. The molecule has 0 bridgehead atoms. The Labute approximate surface area is 194 Å². The summed E-state index contributed by atoms with van der Waals surface area (Å²) in [6.07, 6.45) is 6.60. The first-order valence-electron chi connectivity index (χ1n) is 11.5. The Balaban J connectivity index is 1.48. The van der Waals surface area contributed by atoms with Gasteiger partial charge in [-0.05, 0) is 55.3 Å². The third-order valence-electron chi connectivity index (χ3n) is 6.54. The highest BCUT2D eigenvalue weighted by Crippen LogP contribution is 2.34. The Hall–Kier alpha value is -2.60. The first kappa shape index (κ1) is 22.6. The second kappa shape index (κ2) is 10.3. The van der Waals surface area contributed by atoms with E-state index in [1.807, 2.05) is 36.1 Å². The average Bonchev–Trinajstić information content (AvgIpc) is 3.50. The topological polar surface area (TPSA) is 49.9 Å². The summed E-state index contributed by atoms with van der Waals surface area (Å²) in [6.45, 7) is 7.40. The SMILES string of the molecule is C=CCN(CC(=O)N1CCc2sccc2C1COc1ccc(C)cc1)C(=O)C1CCCC1. The quantitative estimate of drug-likeness (QED) is 0.542. The van der Waals surface area contributed by atoms with Gasteiger partial charge >= 0.3 is 0 Å². The number of aryl methyl sites for hydroxylation is 1. The van der Waals surface area contributed by atoms with Gasteiger partial charge in [-0.1, -0.05) is 36.6 Å². The molecule has 1 aromatic carbocycles. The highest BCUT2D eigenvalue weighted by Gasteiger charge is 2.34. The Bertz CT molecular complexity index is 946. The first-order chi connectivity index (χ1) is 15.6. The van der Waals surface area contributed by atoms with Crippen molar-refractivity contribution >= 4 is 23.2 Å². The molecule has 6 heteroatoms. The van der Waals surface area contributed by atoms with Gasteiger partial charge in [0.2, 0.25) is 11.8 Å². The first-order valence-corrected chi connectivity index (χ1v) is 12.4. The number of ether oxygens (including phenoxy) is 1. The number of amides is 2. The van der Waals surface area contributed by atoms with Crippen LogP contribution in [0, 0.1) is 12.8 Å². The van der Waals surface area contributed by atoms with Gasteiger partial charge in [0, 0.05) is 23.9 Å². The van der Waals surface area contributed by atoms with Crippen LogP contribution in [0.1, 0.15) is 47.7 Å². The van der Waals surface area contributed by atoms with Crippen molar-refractivity contribution in [2.45, 2.75) is 45.1 Å². The number of rotatable bonds is 8. The molecule has 1 atom stereocenters. The van der Waals surface area contributed by atoms with E-state index in [1.165, 1.54) is 16.0 Å². The summed E-state index contributed by atoms with van der Waals surface area (Å²) in [7, 11) is 0. The van der Waals surface area contributed by atoms with Crippen molar-refractivity contribution in [1.82, 2.24) is 9.80 Å². The summed E-state index contributed by atoms with van der Waals surface area (Å²) < 4.78 is 6.10. The van der Waals surface area contributed by atoms with Crippen molar-refractivity contribution in [3.63, 3.8) is 0 Å². The molecular weight excluding hydrogens is 420 g/mol. The lowest BCUT2D eigenvalue weighted by atomic mass is 10.00. The van der Waals surface area contributed by atoms with Crippen LogP contribution in [0.3, 0.4) is 0 Å². The molecule has 1 aliphatic carbocycles. The number of carbonyl (C=O) groups is 2. The highest BCUT2D eigenvalue weighted by atomic mass is 32.1. The zero-order chi connectivity index (χ0) is 22.5. The molecule has 2 aromatic rings. The van der Waals surface area contributed by atoms with Crippen molar-refractivity contribution in [2.75, 3.05) is 26.2 Å². The highest BCUT2D eigenvalue weighted by molar-refractivity contribution is 7.10. The lowest BCUT2D eigenvalue weighted by Gasteiger charge is -2.37. The summed E-state index contributed by atoms with van der Waals surface area (Å²) in [6, 6.07) is 9.93. The molecule has 1 fully saturated rings. The average molecular weight is 453 g/mol. The number of thiophene rings is 1. The van der Waals surface area contributed by atoms with Gasteiger partial charge in [-0.2, -0.15) is 0 Å². The Kier molecular flexibility index (Phi) is 7.30. The third-order valence-corrected chi connectivity index (χ3v) is 7.53. The zero-order valence-corrected chi connectivity index (χ0v) is 19.6. The summed E-state index contributed by atoms with van der Waals surface area (Å²) in [4.78, 5) is 31.4. The molecule has 0 spiro atoms. The van der Waals surface area contributed by atoms with Crippen molar-refractivity contribution in [3.8, 4) is 5.75 Å². The summed E-state index contributed by atoms with van der Waals surface area (Å²) in [5, 5.41) is 2.09. The number of benzene rings is 1. The van der Waals surface area contributed by atoms with E-state index in [4.69, 9.17) is 4.74 Å². The van der Waals surface area contributed by atoms with Crippen LogP contribution in [-0.4, -0.2) is 47.9 Å². The molecule has 2 heterocycles. The van der Waals surface area contributed by atoms with Gasteiger partial charge in [0.15, 0.2) is 0 Å². The van der Waals surface area contributed by atoms with E-state index in [2.05, 4.69) is 18.0 Å². The predicted molar refractivity (Wildman–Crippen MR) is 128 cm³/mol. The molecule has 4 rings (SSSR count). The van der Waals surface area contributed by atoms with Gasteiger partial charge in [0.1, 0.15) is 18.9 Å². The van der Waals surface area contributed by atoms with E-state index >= 15 is 0 Å². The van der Waals surface area contributed by atoms with E-state index < -0.39 is 0 Å². The molecular formula is C26H32N2O3S. The molecule has 1 saturated carbocycles. The maximum absolute atomic E-state index is 13.4. The van der Waals surface area contributed by atoms with E-state index in [1.54, 1.807) is 22.3 Å². The van der Waals surface area contributed by atoms with Crippen LogP contribution < -0.4 is 4.74 Å². The monoisotopic (exact) mass is 452 g/mol. The minimum Gasteiger partial charge on any atom is -0.491 e. The van der Waals surface area contributed by atoms with E-state index in [-0.39, 0.29) is 30.3 Å². The molecule has 0 saturated heterocycles. The van der Waals surface area contributed by atoms with E-state index in [9.17, 15) is 9.59 Å². The summed E-state index contributed by atoms with van der Waals surface area (Å²) in [5.41, 5.74) is 2.35. The third kappa shape index (κ3) is 5.07. The molecule has 5 nitrogen and oxygen atoms in total. The van der Waals surface area contributed by atoms with Gasteiger partial charge in [-0.15, -0.1) is 17.9 Å². The maximum Gasteiger partial charge on any atom is 0.242 e. The molecule has 1 unspecified atom stereocenters. The van der Waals surface area contributed by atoms with Crippen LogP contribution >= 0.6 is 11.3 Å². The molecule has 170 valence electrons. The fourth-order valence-electron chi connectivity index (χ4n) is 4.76. The number of fused-ring (bicyclic) bond motifs is 1. The number of hydrogen-bond acceptors (Lipinski definition) is 4. The minimum atomic E-state index is -0.147. The van der Waals surface area contributed by atoms with Gasteiger partial charge in [-0.3, -0.25) is 9.59 Å². The number of carbonyl (C=O) groups excluding carboxylic acids is 2. The van der Waals surface area contributed by atoms with Crippen molar-refractivity contribution in [3.05, 3.63) is 64.4 Å². The lowest BCUT2D eigenvalue weighted by molar-refractivity contribution is -0.144. The smallest absolute Gasteiger partial charge is 0.242 e. The van der Waals surface area contributed by atoms with Crippen LogP contribution in [0.5, 0.6) is 5.75 Å². The zero-order valence-electron chi connectivity index (χ0n) is 18.8. The van der Waals surface area contributed by atoms with Crippen LogP contribution in [0.4, 0.5) is 0 Å². The second-order valence-corrected chi connectivity index (χ2v) is 9.77. The van der Waals surface area contributed by atoms with Gasteiger partial charge < -0.3 is 14.5 Å². The van der Waals surface area contributed by atoms with Crippen LogP contribution in [0.2, 0.25) is 0 Å². The van der Waals surface area contributed by atoms with Gasteiger partial charge in [-0.25, -0.2) is 0 Å². The largest absolute Gasteiger partial charge is 0.491 e. The van der Waals surface area contributed by atoms with Crippen LogP contribution in [0.25, 0.3) is 0 Å². The summed E-state index contributed by atoms with van der Waals surface area (Å²) >= 11 is 1.74. The van der Waals surface area contributed by atoms with Crippen LogP contribution in [0.15, 0.2) is 48.4 Å². The van der Waals surface area contributed by atoms with E-state index in [0.717, 1.165) is 37.9 Å². The molecule has 2 amide bonds. The summed E-state index contributed by atoms with van der Waals surface area (Å²) in [5.74, 6) is 0.923. The standard InChI is InChI=1S/C26H32N2O3S/c1-3-14-27(26(30)20-6-4-5-7-20)17-25(29)28-15-12-24-22(13-16-32-24)23(28)18-31-21-10-8-19(2)9-11-21/h3,8-11,13,16,20,23H,1,4-7,12,14-15,17-18H2,2H3. The molecule has 2 aliphatic rings. The Morgan fingerprint density at radius 1 is 1.22 bits per heavy atom. The normalized spacial score (nSPS) is 18.3. The fraction of sp³-hybridized carbons (Fsp3) is 0.462. The maximum atomic E-state index is 13.4. The predicted octanol–water partition coefficient (Wildman–Crippen LogP) is 4.77. The number of hydrogen-bond donors (Lipinski definition) is 0. The second-order valence-electron chi connectivity index (χ2n) is 8.76. The van der Waals surface area contributed by atoms with Crippen molar-refractivity contribution < 1.29 is 14.3 Å². The van der Waals surface area contributed by atoms with Gasteiger partial charge in [0.25, 0.3) is 0 Å². The Morgan fingerprint density at radius 3 is 2.69 bits per heavy atom. The molecule has 32 heavy (non-hydrogen) atoms.